The molecule has 1 heterocycles. The van der Waals surface area contributed by atoms with Crippen molar-refractivity contribution < 1.29 is 0 Å². The molecule has 0 radical (unpaired) electrons. The largest absolute Gasteiger partial charge is 0.355 e. The molecule has 17 heavy (non-hydrogen) atoms. The van der Waals surface area contributed by atoms with Crippen molar-refractivity contribution in [3.63, 3.8) is 0 Å². The third-order valence-electron chi connectivity index (χ3n) is 2.35. The summed E-state index contributed by atoms with van der Waals surface area (Å²) in [6.45, 7) is 7.46. The second kappa shape index (κ2) is 6.91. The maximum Gasteiger partial charge on any atom is 0.133 e. The van der Waals surface area contributed by atoms with Gasteiger partial charge in [-0.05, 0) is 35.9 Å². The molecule has 0 bridgehead atoms. The van der Waals surface area contributed by atoms with Crippen LogP contribution in [0.15, 0.2) is 17.0 Å². The number of anilines is 1. The lowest BCUT2D eigenvalue weighted by atomic mass is 10.2. The standard InChI is InChI=1S/C12H21BrN4/c1-10(2)8-17(6-5-16(3)4)12-7-11(13)14-9-15-12/h7,9-10H,5-6,8H2,1-4H3. The fourth-order valence-corrected chi connectivity index (χ4v) is 1.85. The van der Waals surface area contributed by atoms with Gasteiger partial charge in [0.2, 0.25) is 0 Å². The SMILES string of the molecule is CC(C)CN(CCN(C)C)c1cc(Br)ncn1. The molecule has 0 fully saturated rings. The Balaban J connectivity index is 2.74. The molecule has 0 aliphatic rings. The Bertz CT molecular complexity index is 341. The van der Waals surface area contributed by atoms with E-state index in [1.165, 1.54) is 0 Å². The van der Waals surface area contributed by atoms with Gasteiger partial charge in [0.15, 0.2) is 0 Å². The molecule has 5 heteroatoms. The number of hydrogen-bond donors (Lipinski definition) is 0. The van der Waals surface area contributed by atoms with Crippen LogP contribution in [0.5, 0.6) is 0 Å². The summed E-state index contributed by atoms with van der Waals surface area (Å²) in [5.41, 5.74) is 0. The van der Waals surface area contributed by atoms with E-state index in [0.717, 1.165) is 30.1 Å². The summed E-state index contributed by atoms with van der Waals surface area (Å²) in [5, 5.41) is 0. The van der Waals surface area contributed by atoms with Crippen molar-refractivity contribution >= 4 is 21.7 Å². The molecule has 96 valence electrons. The molecule has 0 unspecified atom stereocenters. The number of nitrogens with zero attached hydrogens (tertiary/aromatic N) is 4. The molecule has 0 aromatic carbocycles. The molecule has 0 N–H and O–H groups in total. The summed E-state index contributed by atoms with van der Waals surface area (Å²) in [7, 11) is 4.17. The van der Waals surface area contributed by atoms with Crippen LogP contribution in [0.2, 0.25) is 0 Å². The highest BCUT2D eigenvalue weighted by Gasteiger charge is 2.10. The van der Waals surface area contributed by atoms with E-state index >= 15 is 0 Å². The quantitative estimate of drug-likeness (QED) is 0.755. The topological polar surface area (TPSA) is 32.3 Å². The molecule has 4 nitrogen and oxygen atoms in total. The summed E-state index contributed by atoms with van der Waals surface area (Å²) < 4.78 is 0.834. The minimum Gasteiger partial charge on any atom is -0.355 e. The van der Waals surface area contributed by atoms with Crippen LogP contribution in [0.1, 0.15) is 13.8 Å². The van der Waals surface area contributed by atoms with Crippen LogP contribution in [0.3, 0.4) is 0 Å². The first-order valence-electron chi connectivity index (χ1n) is 5.86. The molecule has 1 aromatic heterocycles. The molecular formula is C12H21BrN4. The average Bonchev–Trinajstić information content (AvgIpc) is 2.23. The number of halogens is 1. The van der Waals surface area contributed by atoms with E-state index < -0.39 is 0 Å². The van der Waals surface area contributed by atoms with Crippen LogP contribution < -0.4 is 4.90 Å². The van der Waals surface area contributed by atoms with Crippen LogP contribution >= 0.6 is 15.9 Å². The minimum atomic E-state index is 0.617. The van der Waals surface area contributed by atoms with Crippen LogP contribution in [0.4, 0.5) is 5.82 Å². The second-order valence-electron chi connectivity index (χ2n) is 4.84. The van der Waals surface area contributed by atoms with Crippen LogP contribution in [-0.2, 0) is 0 Å². The van der Waals surface area contributed by atoms with Gasteiger partial charge in [-0.15, -0.1) is 0 Å². The van der Waals surface area contributed by atoms with Gasteiger partial charge in [0.25, 0.3) is 0 Å². The van der Waals surface area contributed by atoms with Crippen molar-refractivity contribution in [2.45, 2.75) is 13.8 Å². The lowest BCUT2D eigenvalue weighted by Gasteiger charge is -2.27. The minimum absolute atomic E-state index is 0.617. The average molecular weight is 301 g/mol. The second-order valence-corrected chi connectivity index (χ2v) is 5.65. The number of rotatable bonds is 6. The zero-order valence-corrected chi connectivity index (χ0v) is 12.6. The normalized spacial score (nSPS) is 11.2. The number of likely N-dealkylation sites (N-methyl/N-ethyl adjacent to an activating group) is 1. The summed E-state index contributed by atoms with van der Waals surface area (Å²) in [6, 6.07) is 1.97. The Morgan fingerprint density at radius 3 is 2.47 bits per heavy atom. The van der Waals surface area contributed by atoms with Crippen molar-refractivity contribution in [1.29, 1.82) is 0 Å². The first-order valence-corrected chi connectivity index (χ1v) is 6.65. The first kappa shape index (κ1) is 14.4. The van der Waals surface area contributed by atoms with Crippen molar-refractivity contribution in [1.82, 2.24) is 14.9 Å². The number of hydrogen-bond acceptors (Lipinski definition) is 4. The molecule has 0 saturated heterocycles. The van der Waals surface area contributed by atoms with Crippen molar-refractivity contribution in [2.75, 3.05) is 38.6 Å². The van der Waals surface area contributed by atoms with E-state index in [-0.39, 0.29) is 0 Å². The van der Waals surface area contributed by atoms with Crippen molar-refractivity contribution in [2.24, 2.45) is 5.92 Å². The molecule has 0 amide bonds. The van der Waals surface area contributed by atoms with Gasteiger partial charge in [0, 0.05) is 25.7 Å². The molecule has 0 aliphatic heterocycles. The maximum atomic E-state index is 4.34. The molecule has 0 saturated carbocycles. The zero-order chi connectivity index (χ0) is 12.8. The van der Waals surface area contributed by atoms with Gasteiger partial charge in [0.1, 0.15) is 16.7 Å². The van der Waals surface area contributed by atoms with Gasteiger partial charge in [0.05, 0.1) is 0 Å². The summed E-state index contributed by atoms with van der Waals surface area (Å²) >= 11 is 3.39. The zero-order valence-electron chi connectivity index (χ0n) is 11.0. The highest BCUT2D eigenvalue weighted by molar-refractivity contribution is 9.10. The fraction of sp³-hybridized carbons (Fsp3) is 0.667. The van der Waals surface area contributed by atoms with E-state index in [2.05, 4.69) is 63.6 Å². The molecule has 1 rings (SSSR count). The van der Waals surface area contributed by atoms with Gasteiger partial charge in [-0.25, -0.2) is 9.97 Å². The van der Waals surface area contributed by atoms with Crippen molar-refractivity contribution in [3.05, 3.63) is 17.0 Å². The first-order chi connectivity index (χ1) is 7.99. The van der Waals surface area contributed by atoms with E-state index in [0.29, 0.717) is 5.92 Å². The third kappa shape index (κ3) is 5.46. The van der Waals surface area contributed by atoms with Gasteiger partial charge >= 0.3 is 0 Å². The summed E-state index contributed by atoms with van der Waals surface area (Å²) in [6.07, 6.45) is 1.60. The van der Waals surface area contributed by atoms with Gasteiger partial charge < -0.3 is 9.80 Å². The van der Waals surface area contributed by atoms with Crippen LogP contribution in [-0.4, -0.2) is 48.6 Å². The predicted octanol–water partition coefficient (Wildman–Crippen LogP) is 2.26. The van der Waals surface area contributed by atoms with Gasteiger partial charge in [-0.2, -0.15) is 0 Å². The maximum absolute atomic E-state index is 4.34. The van der Waals surface area contributed by atoms with Gasteiger partial charge in [-0.3, -0.25) is 0 Å². The fourth-order valence-electron chi connectivity index (χ4n) is 1.56. The molecular weight excluding hydrogens is 280 g/mol. The predicted molar refractivity (Wildman–Crippen MR) is 75.3 cm³/mol. The molecule has 1 aromatic rings. The van der Waals surface area contributed by atoms with E-state index in [4.69, 9.17) is 0 Å². The van der Waals surface area contributed by atoms with Gasteiger partial charge in [-0.1, -0.05) is 13.8 Å². The summed E-state index contributed by atoms with van der Waals surface area (Å²) in [4.78, 5) is 12.9. The lowest BCUT2D eigenvalue weighted by Crippen LogP contribution is -2.35. The van der Waals surface area contributed by atoms with E-state index in [1.54, 1.807) is 6.33 Å². The Kier molecular flexibility index (Phi) is 5.85. The Labute approximate surface area is 112 Å². The van der Waals surface area contributed by atoms with Crippen molar-refractivity contribution in [3.8, 4) is 0 Å². The Hall–Kier alpha value is -0.680. The highest BCUT2D eigenvalue weighted by Crippen LogP contribution is 2.15. The molecule has 0 aliphatic carbocycles. The summed E-state index contributed by atoms with van der Waals surface area (Å²) in [5.74, 6) is 1.60. The monoisotopic (exact) mass is 300 g/mol. The third-order valence-corrected chi connectivity index (χ3v) is 2.78. The van der Waals surface area contributed by atoms with E-state index in [1.807, 2.05) is 6.07 Å². The van der Waals surface area contributed by atoms with Crippen LogP contribution in [0.25, 0.3) is 0 Å². The Morgan fingerprint density at radius 2 is 1.94 bits per heavy atom. The highest BCUT2D eigenvalue weighted by atomic mass is 79.9. The molecule has 0 spiro atoms. The Morgan fingerprint density at radius 1 is 1.24 bits per heavy atom. The van der Waals surface area contributed by atoms with Crippen LogP contribution in [0, 0.1) is 5.92 Å². The van der Waals surface area contributed by atoms with E-state index in [9.17, 15) is 0 Å². The lowest BCUT2D eigenvalue weighted by molar-refractivity contribution is 0.408. The molecule has 0 atom stereocenters. The smallest absolute Gasteiger partial charge is 0.133 e. The number of aromatic nitrogens is 2.